The van der Waals surface area contributed by atoms with E-state index >= 15 is 0 Å². The van der Waals surface area contributed by atoms with Crippen LogP contribution >= 0.6 is 0 Å². The fraction of sp³-hybridized carbons (Fsp3) is 0.250. The molecule has 0 saturated carbocycles. The number of ether oxygens (including phenoxy) is 1. The number of likely N-dealkylation sites (tertiary alicyclic amines) is 1. The van der Waals surface area contributed by atoms with E-state index in [0.29, 0.717) is 24.7 Å². The quantitative estimate of drug-likeness (QED) is 0.480. The zero-order valence-electron chi connectivity index (χ0n) is 15.6. The lowest BCUT2D eigenvalue weighted by molar-refractivity contribution is -0.384. The molecule has 3 aromatic rings. The van der Waals surface area contributed by atoms with Crippen LogP contribution < -0.4 is 4.74 Å². The molecular weight excluding hydrogens is 376 g/mol. The Morgan fingerprint density at radius 3 is 2.79 bits per heavy atom. The molecule has 9 nitrogen and oxygen atoms in total. The van der Waals surface area contributed by atoms with Crippen molar-refractivity contribution in [1.82, 2.24) is 15.0 Å². The standard InChI is InChI=1S/C20H18N4O5/c1-28-16-9-7-13(8-10-16)18-21-19(29-22-18)17-6-3-11-23(17)20(25)14-4-2-5-15(12-14)24(26)27/h2,4-5,7-10,12,17H,3,6,11H2,1H3. The number of non-ortho nitro benzene ring substituents is 1. The van der Waals surface area contributed by atoms with Crippen molar-refractivity contribution >= 4 is 11.6 Å². The Hall–Kier alpha value is -3.75. The minimum Gasteiger partial charge on any atom is -0.497 e. The fourth-order valence-corrected chi connectivity index (χ4v) is 3.41. The van der Waals surface area contributed by atoms with Gasteiger partial charge >= 0.3 is 0 Å². The second-order valence-electron chi connectivity index (χ2n) is 6.65. The van der Waals surface area contributed by atoms with Crippen LogP contribution in [0.25, 0.3) is 11.4 Å². The second kappa shape index (κ2) is 7.70. The first-order chi connectivity index (χ1) is 14.1. The van der Waals surface area contributed by atoms with Gasteiger partial charge in [-0.15, -0.1) is 0 Å². The topological polar surface area (TPSA) is 112 Å². The highest BCUT2D eigenvalue weighted by atomic mass is 16.6. The Balaban J connectivity index is 1.57. The van der Waals surface area contributed by atoms with E-state index in [1.807, 2.05) is 12.1 Å². The number of rotatable bonds is 5. The highest BCUT2D eigenvalue weighted by Crippen LogP contribution is 2.33. The summed E-state index contributed by atoms with van der Waals surface area (Å²) in [6.07, 6.45) is 1.47. The largest absolute Gasteiger partial charge is 0.497 e. The fourth-order valence-electron chi connectivity index (χ4n) is 3.41. The minimum absolute atomic E-state index is 0.119. The SMILES string of the molecule is COc1ccc(-c2noc(C3CCCN3C(=O)c3cccc([N+](=O)[O-])c3)n2)cc1. The maximum Gasteiger partial charge on any atom is 0.270 e. The van der Waals surface area contributed by atoms with Crippen LogP contribution in [0.15, 0.2) is 53.1 Å². The molecule has 0 radical (unpaired) electrons. The van der Waals surface area contributed by atoms with Crippen LogP contribution in [-0.4, -0.2) is 39.5 Å². The normalized spacial score (nSPS) is 16.0. The van der Waals surface area contributed by atoms with Crippen LogP contribution in [0.5, 0.6) is 5.75 Å². The van der Waals surface area contributed by atoms with E-state index in [-0.39, 0.29) is 23.2 Å². The first kappa shape index (κ1) is 18.6. The van der Waals surface area contributed by atoms with Crippen LogP contribution in [0.3, 0.4) is 0 Å². The van der Waals surface area contributed by atoms with Gasteiger partial charge in [-0.1, -0.05) is 11.2 Å². The van der Waals surface area contributed by atoms with Gasteiger partial charge in [0, 0.05) is 29.8 Å². The zero-order valence-corrected chi connectivity index (χ0v) is 15.6. The number of nitro groups is 1. The lowest BCUT2D eigenvalue weighted by Crippen LogP contribution is -2.30. The molecule has 4 rings (SSSR count). The predicted molar refractivity (Wildman–Crippen MR) is 102 cm³/mol. The third-order valence-electron chi connectivity index (χ3n) is 4.89. The number of nitro benzene ring substituents is 1. The van der Waals surface area contributed by atoms with Crippen molar-refractivity contribution in [3.8, 4) is 17.1 Å². The summed E-state index contributed by atoms with van der Waals surface area (Å²) in [5, 5.41) is 15.0. The van der Waals surface area contributed by atoms with Crippen molar-refractivity contribution in [3.05, 3.63) is 70.1 Å². The van der Waals surface area contributed by atoms with Crippen LogP contribution in [-0.2, 0) is 0 Å². The first-order valence-corrected chi connectivity index (χ1v) is 9.10. The van der Waals surface area contributed by atoms with E-state index < -0.39 is 4.92 Å². The predicted octanol–water partition coefficient (Wildman–Crippen LogP) is 3.63. The molecular formula is C20H18N4O5. The summed E-state index contributed by atoms with van der Waals surface area (Å²) in [5.74, 6) is 1.21. The molecule has 2 aromatic carbocycles. The van der Waals surface area contributed by atoms with Gasteiger partial charge in [0.2, 0.25) is 11.7 Å². The number of amides is 1. The molecule has 0 aliphatic carbocycles. The van der Waals surface area contributed by atoms with Crippen LogP contribution in [0.2, 0.25) is 0 Å². The van der Waals surface area contributed by atoms with Gasteiger partial charge in [-0.25, -0.2) is 0 Å². The Labute approximate surface area is 166 Å². The van der Waals surface area contributed by atoms with Gasteiger partial charge in [0.1, 0.15) is 11.8 Å². The van der Waals surface area contributed by atoms with Crippen LogP contribution in [0, 0.1) is 10.1 Å². The molecule has 29 heavy (non-hydrogen) atoms. The third kappa shape index (κ3) is 3.66. The van der Waals surface area contributed by atoms with Crippen molar-refractivity contribution in [2.24, 2.45) is 0 Å². The molecule has 0 N–H and O–H groups in total. The summed E-state index contributed by atoms with van der Waals surface area (Å²) in [5.41, 5.74) is 0.919. The van der Waals surface area contributed by atoms with Crippen molar-refractivity contribution in [2.75, 3.05) is 13.7 Å². The van der Waals surface area contributed by atoms with Crippen molar-refractivity contribution in [1.29, 1.82) is 0 Å². The third-order valence-corrected chi connectivity index (χ3v) is 4.89. The average Bonchev–Trinajstić information content (AvgIpc) is 3.43. The molecule has 1 aromatic heterocycles. The summed E-state index contributed by atoms with van der Waals surface area (Å²) >= 11 is 0. The van der Waals surface area contributed by atoms with Gasteiger partial charge in [0.05, 0.1) is 12.0 Å². The maximum absolute atomic E-state index is 13.0. The summed E-state index contributed by atoms with van der Waals surface area (Å²) in [4.78, 5) is 29.5. The molecule has 0 spiro atoms. The zero-order chi connectivity index (χ0) is 20.4. The molecule has 1 aliphatic heterocycles. The molecule has 1 unspecified atom stereocenters. The van der Waals surface area contributed by atoms with Crippen LogP contribution in [0.4, 0.5) is 5.69 Å². The molecule has 1 saturated heterocycles. The van der Waals surface area contributed by atoms with Gasteiger partial charge in [-0.2, -0.15) is 4.98 Å². The van der Waals surface area contributed by atoms with Gasteiger partial charge in [-0.3, -0.25) is 14.9 Å². The van der Waals surface area contributed by atoms with E-state index in [2.05, 4.69) is 10.1 Å². The minimum atomic E-state index is -0.516. The summed E-state index contributed by atoms with van der Waals surface area (Å²) in [6.45, 7) is 0.520. The Bertz CT molecular complexity index is 1050. The van der Waals surface area contributed by atoms with Gasteiger partial charge in [0.15, 0.2) is 0 Å². The lowest BCUT2D eigenvalue weighted by atomic mass is 10.1. The number of benzene rings is 2. The molecule has 1 atom stereocenters. The van der Waals surface area contributed by atoms with Crippen LogP contribution in [0.1, 0.15) is 35.1 Å². The maximum atomic E-state index is 13.0. The number of hydrogen-bond donors (Lipinski definition) is 0. The number of methoxy groups -OCH3 is 1. The van der Waals surface area contributed by atoms with E-state index in [4.69, 9.17) is 9.26 Å². The Morgan fingerprint density at radius 1 is 1.28 bits per heavy atom. The average molecular weight is 394 g/mol. The number of carbonyl (C=O) groups is 1. The number of nitrogens with zero attached hydrogens (tertiary/aromatic N) is 4. The highest BCUT2D eigenvalue weighted by Gasteiger charge is 2.35. The number of hydrogen-bond acceptors (Lipinski definition) is 7. The molecule has 9 heteroatoms. The molecule has 1 aliphatic rings. The molecule has 1 amide bonds. The highest BCUT2D eigenvalue weighted by molar-refractivity contribution is 5.95. The first-order valence-electron chi connectivity index (χ1n) is 9.10. The summed E-state index contributed by atoms with van der Waals surface area (Å²) in [6, 6.07) is 12.6. The second-order valence-corrected chi connectivity index (χ2v) is 6.65. The van der Waals surface area contributed by atoms with E-state index in [1.165, 1.54) is 18.2 Å². The lowest BCUT2D eigenvalue weighted by Gasteiger charge is -2.21. The number of aromatic nitrogens is 2. The monoisotopic (exact) mass is 394 g/mol. The van der Waals surface area contributed by atoms with Crippen molar-refractivity contribution in [2.45, 2.75) is 18.9 Å². The van der Waals surface area contributed by atoms with E-state index in [1.54, 1.807) is 30.2 Å². The molecule has 0 bridgehead atoms. The summed E-state index contributed by atoms with van der Waals surface area (Å²) < 4.78 is 10.6. The molecule has 148 valence electrons. The van der Waals surface area contributed by atoms with Gasteiger partial charge in [0.25, 0.3) is 11.6 Å². The summed E-state index contributed by atoms with van der Waals surface area (Å²) in [7, 11) is 1.59. The van der Waals surface area contributed by atoms with Crippen molar-refractivity contribution in [3.63, 3.8) is 0 Å². The molecule has 1 fully saturated rings. The molecule has 2 heterocycles. The number of carbonyl (C=O) groups excluding carboxylic acids is 1. The Morgan fingerprint density at radius 2 is 2.07 bits per heavy atom. The van der Waals surface area contributed by atoms with Crippen molar-refractivity contribution < 1.29 is 19.0 Å². The van der Waals surface area contributed by atoms with Gasteiger partial charge < -0.3 is 14.2 Å². The smallest absolute Gasteiger partial charge is 0.270 e. The van der Waals surface area contributed by atoms with E-state index in [0.717, 1.165) is 17.7 Å². The van der Waals surface area contributed by atoms with Gasteiger partial charge in [-0.05, 0) is 43.2 Å². The van der Waals surface area contributed by atoms with E-state index in [9.17, 15) is 14.9 Å². The Kier molecular flexibility index (Phi) is 4.94.